The largest absolute Gasteiger partial charge is 0.465 e. The van der Waals surface area contributed by atoms with Crippen LogP contribution in [0.5, 0.6) is 5.88 Å². The molecule has 1 heterocycles. The van der Waals surface area contributed by atoms with Gasteiger partial charge in [0, 0.05) is 12.6 Å². The number of ether oxygens (including phenoxy) is 1. The fourth-order valence-electron chi connectivity index (χ4n) is 1.79. The highest BCUT2D eigenvalue weighted by atomic mass is 32.2. The van der Waals surface area contributed by atoms with Gasteiger partial charge in [-0.25, -0.2) is 13.6 Å². The lowest BCUT2D eigenvalue weighted by molar-refractivity contribution is -0.123. The minimum absolute atomic E-state index is 0.0570. The second-order valence-electron chi connectivity index (χ2n) is 4.85. The zero-order valence-electron chi connectivity index (χ0n) is 12.5. The van der Waals surface area contributed by atoms with Gasteiger partial charge in [0.05, 0.1) is 4.90 Å². The van der Waals surface area contributed by atoms with Crippen LogP contribution in [-0.2, 0) is 21.2 Å². The van der Waals surface area contributed by atoms with E-state index in [-0.39, 0.29) is 23.3 Å². The molecule has 0 saturated heterocycles. The smallest absolute Gasteiger partial charge is 0.258 e. The summed E-state index contributed by atoms with van der Waals surface area (Å²) in [5, 5.41) is 11.3. The molecule has 0 unspecified atom stereocenters. The van der Waals surface area contributed by atoms with E-state index >= 15 is 0 Å². The number of hydrogen-bond acceptors (Lipinski definition) is 6. The van der Waals surface area contributed by atoms with Crippen molar-refractivity contribution in [3.05, 3.63) is 41.7 Å². The molecular formula is C14H17N3O5S. The number of sulfonamides is 1. The molecule has 2 rings (SSSR count). The number of aryl methyl sites for hydroxylation is 1. The molecular weight excluding hydrogens is 322 g/mol. The second-order valence-corrected chi connectivity index (χ2v) is 6.41. The molecule has 0 fully saturated rings. The van der Waals surface area contributed by atoms with Crippen LogP contribution in [0.4, 0.5) is 0 Å². The van der Waals surface area contributed by atoms with Gasteiger partial charge >= 0.3 is 0 Å². The predicted octanol–water partition coefficient (Wildman–Crippen LogP) is 0.368. The number of nitrogens with one attached hydrogen (secondary N) is 1. The molecule has 1 aromatic heterocycles. The van der Waals surface area contributed by atoms with E-state index < -0.39 is 10.0 Å². The molecule has 0 radical (unpaired) electrons. The summed E-state index contributed by atoms with van der Waals surface area (Å²) in [5.41, 5.74) is 0.880. The van der Waals surface area contributed by atoms with Crippen LogP contribution in [-0.4, -0.2) is 32.6 Å². The molecule has 0 bridgehead atoms. The van der Waals surface area contributed by atoms with Crippen LogP contribution in [0.3, 0.4) is 0 Å². The maximum absolute atomic E-state index is 11.6. The quantitative estimate of drug-likeness (QED) is 0.751. The van der Waals surface area contributed by atoms with Gasteiger partial charge in [-0.3, -0.25) is 4.79 Å². The fourth-order valence-corrected chi connectivity index (χ4v) is 2.31. The van der Waals surface area contributed by atoms with Crippen LogP contribution in [0.1, 0.15) is 11.3 Å². The summed E-state index contributed by atoms with van der Waals surface area (Å²) in [5.74, 6) is 0.575. The number of primary sulfonamides is 1. The number of nitrogens with two attached hydrogens (primary N) is 1. The van der Waals surface area contributed by atoms with Gasteiger partial charge in [0.15, 0.2) is 6.61 Å². The van der Waals surface area contributed by atoms with E-state index in [0.29, 0.717) is 18.7 Å². The van der Waals surface area contributed by atoms with Crippen molar-refractivity contribution >= 4 is 15.9 Å². The van der Waals surface area contributed by atoms with Crippen molar-refractivity contribution in [2.75, 3.05) is 13.2 Å². The second kappa shape index (κ2) is 7.25. The highest BCUT2D eigenvalue weighted by Crippen LogP contribution is 2.10. The van der Waals surface area contributed by atoms with Gasteiger partial charge < -0.3 is 14.6 Å². The number of amides is 1. The third kappa shape index (κ3) is 5.38. The number of aromatic nitrogens is 1. The Morgan fingerprint density at radius 1 is 1.35 bits per heavy atom. The molecule has 23 heavy (non-hydrogen) atoms. The van der Waals surface area contributed by atoms with Gasteiger partial charge in [0.1, 0.15) is 5.76 Å². The molecule has 0 aliphatic heterocycles. The first-order chi connectivity index (χ1) is 10.8. The van der Waals surface area contributed by atoms with Crippen molar-refractivity contribution in [3.8, 4) is 5.88 Å². The van der Waals surface area contributed by atoms with E-state index in [9.17, 15) is 13.2 Å². The minimum Gasteiger partial charge on any atom is -0.465 e. The summed E-state index contributed by atoms with van der Waals surface area (Å²) >= 11 is 0. The third-order valence-corrected chi connectivity index (χ3v) is 3.87. The van der Waals surface area contributed by atoms with Crippen molar-refractivity contribution in [2.45, 2.75) is 18.2 Å². The number of carbonyl (C=O) groups excluding carboxylic acids is 1. The summed E-state index contributed by atoms with van der Waals surface area (Å²) in [6, 6.07) is 7.76. The minimum atomic E-state index is -3.69. The first-order valence-corrected chi connectivity index (χ1v) is 8.34. The number of benzene rings is 1. The number of rotatable bonds is 7. The summed E-state index contributed by atoms with van der Waals surface area (Å²) in [4.78, 5) is 11.7. The van der Waals surface area contributed by atoms with Crippen molar-refractivity contribution < 1.29 is 22.5 Å². The molecule has 0 atom stereocenters. The number of carbonyl (C=O) groups is 1. The van der Waals surface area contributed by atoms with Gasteiger partial charge in [0.25, 0.3) is 11.8 Å². The van der Waals surface area contributed by atoms with Crippen LogP contribution in [0.15, 0.2) is 39.8 Å². The zero-order valence-corrected chi connectivity index (χ0v) is 13.3. The van der Waals surface area contributed by atoms with Gasteiger partial charge in [-0.15, -0.1) is 0 Å². The Bertz CT molecular complexity index is 768. The topological polar surface area (TPSA) is 125 Å². The number of nitrogens with zero attached hydrogens (tertiary/aromatic N) is 1. The van der Waals surface area contributed by atoms with Crippen LogP contribution >= 0.6 is 0 Å². The Balaban J connectivity index is 1.73. The summed E-state index contributed by atoms with van der Waals surface area (Å²) in [7, 11) is -3.69. The molecule has 3 N–H and O–H groups in total. The molecule has 1 aromatic carbocycles. The molecule has 9 heteroatoms. The molecule has 0 saturated carbocycles. The third-order valence-electron chi connectivity index (χ3n) is 2.95. The highest BCUT2D eigenvalue weighted by Gasteiger charge is 2.08. The number of hydrogen-bond donors (Lipinski definition) is 2. The average Bonchev–Trinajstić information content (AvgIpc) is 2.90. The van der Waals surface area contributed by atoms with Gasteiger partial charge in [-0.1, -0.05) is 12.1 Å². The van der Waals surface area contributed by atoms with Crippen LogP contribution in [0, 0.1) is 6.92 Å². The van der Waals surface area contributed by atoms with E-state index in [4.69, 9.17) is 14.4 Å². The van der Waals surface area contributed by atoms with E-state index in [2.05, 4.69) is 10.5 Å². The Morgan fingerprint density at radius 2 is 2.04 bits per heavy atom. The first kappa shape index (κ1) is 17.0. The van der Waals surface area contributed by atoms with Crippen molar-refractivity contribution in [3.63, 3.8) is 0 Å². The Morgan fingerprint density at radius 3 is 2.61 bits per heavy atom. The SMILES string of the molecule is Cc1cc(OCC(=O)NCCc2ccc(S(N)(=O)=O)cc2)no1. The average molecular weight is 339 g/mol. The monoisotopic (exact) mass is 339 g/mol. The van der Waals surface area contributed by atoms with Crippen molar-refractivity contribution in [2.24, 2.45) is 5.14 Å². The standard InChI is InChI=1S/C14H17N3O5S/c1-10-8-14(17-22-10)21-9-13(18)16-7-6-11-2-4-12(5-3-11)23(15,19)20/h2-5,8H,6-7,9H2,1H3,(H,16,18)(H2,15,19,20). The van der Waals surface area contributed by atoms with Gasteiger partial charge in [-0.05, 0) is 36.2 Å². The Labute approximate surface area is 133 Å². The molecule has 1 amide bonds. The van der Waals surface area contributed by atoms with Gasteiger partial charge in [0.2, 0.25) is 10.0 Å². The van der Waals surface area contributed by atoms with E-state index in [0.717, 1.165) is 5.56 Å². The Kier molecular flexibility index (Phi) is 5.35. The first-order valence-electron chi connectivity index (χ1n) is 6.79. The van der Waals surface area contributed by atoms with Crippen LogP contribution < -0.4 is 15.2 Å². The molecule has 0 aliphatic carbocycles. The summed E-state index contributed by atoms with van der Waals surface area (Å²) in [6.07, 6.45) is 0.555. The Hall–Kier alpha value is -2.39. The predicted molar refractivity (Wildman–Crippen MR) is 81.3 cm³/mol. The van der Waals surface area contributed by atoms with E-state index in [1.54, 1.807) is 25.1 Å². The molecule has 0 aliphatic rings. The van der Waals surface area contributed by atoms with E-state index in [1.165, 1.54) is 12.1 Å². The molecule has 124 valence electrons. The normalized spacial score (nSPS) is 11.2. The van der Waals surface area contributed by atoms with Crippen molar-refractivity contribution in [1.82, 2.24) is 10.5 Å². The molecule has 0 spiro atoms. The lowest BCUT2D eigenvalue weighted by Gasteiger charge is -2.06. The molecule has 8 nitrogen and oxygen atoms in total. The van der Waals surface area contributed by atoms with E-state index in [1.807, 2.05) is 0 Å². The molecule has 2 aromatic rings. The maximum Gasteiger partial charge on any atom is 0.258 e. The maximum atomic E-state index is 11.6. The van der Waals surface area contributed by atoms with Gasteiger partial charge in [-0.2, -0.15) is 0 Å². The highest BCUT2D eigenvalue weighted by molar-refractivity contribution is 7.89. The summed E-state index contributed by atoms with van der Waals surface area (Å²) < 4.78 is 32.2. The zero-order chi connectivity index (χ0) is 16.9. The van der Waals surface area contributed by atoms with Crippen LogP contribution in [0.25, 0.3) is 0 Å². The van der Waals surface area contributed by atoms with Crippen molar-refractivity contribution in [1.29, 1.82) is 0 Å². The lowest BCUT2D eigenvalue weighted by atomic mass is 10.1. The summed E-state index contributed by atoms with van der Waals surface area (Å²) in [6.45, 7) is 1.96. The lowest BCUT2D eigenvalue weighted by Crippen LogP contribution is -2.30. The van der Waals surface area contributed by atoms with Crippen LogP contribution in [0.2, 0.25) is 0 Å². The fraction of sp³-hybridized carbons (Fsp3) is 0.286.